The van der Waals surface area contributed by atoms with Crippen LogP contribution in [-0.4, -0.2) is 228 Å². The Balaban J connectivity index is 1.03. The van der Waals surface area contributed by atoms with E-state index in [4.69, 9.17) is 44.0 Å². The third-order valence-corrected chi connectivity index (χ3v) is 20.3. The number of carbonyl (C=O) groups excluding carboxylic acids is 12. The van der Waals surface area contributed by atoms with E-state index in [0.717, 1.165) is 23.6 Å². The minimum atomic E-state index is -2.57. The molecule has 2 bridgehead atoms. The first-order chi connectivity index (χ1) is 50.9. The van der Waals surface area contributed by atoms with Crippen LogP contribution < -0.4 is 32.3 Å². The molecular weight excluding hydrogens is 1410 g/mol. The first-order valence-corrected chi connectivity index (χ1v) is 35.2. The number of carboxylic acid groups (broad SMARTS) is 1. The highest BCUT2D eigenvalue weighted by Gasteiger charge is 2.78. The normalized spacial score (nSPS) is 23.5. The van der Waals surface area contributed by atoms with E-state index in [1.807, 2.05) is 0 Å². The van der Waals surface area contributed by atoms with Gasteiger partial charge in [0.15, 0.2) is 17.5 Å². The summed E-state index contributed by atoms with van der Waals surface area (Å²) in [5, 5.41) is 48.9. The number of ether oxygens (including phenoxy) is 7. The van der Waals surface area contributed by atoms with Crippen LogP contribution in [0.25, 0.3) is 0 Å². The summed E-state index contributed by atoms with van der Waals surface area (Å²) >= 11 is 0. The predicted octanol–water partition coefficient (Wildman–Crippen LogP) is 4.11. The van der Waals surface area contributed by atoms with Gasteiger partial charge in [0.05, 0.1) is 42.7 Å². The number of hydrogen-bond acceptors (Lipinski definition) is 23. The number of hydrogen-bond donors (Lipinski definition) is 9. The molecule has 582 valence electrons. The monoisotopic (exact) mass is 1500 g/mol. The lowest BCUT2D eigenvalue weighted by Crippen LogP contribution is -2.82. The number of Topliss-reactive ketones (excluding diaryl/α,β-unsaturated/α-hetero) is 1. The van der Waals surface area contributed by atoms with E-state index in [-0.39, 0.29) is 85.6 Å². The van der Waals surface area contributed by atoms with Crippen molar-refractivity contribution in [1.29, 1.82) is 0 Å². The van der Waals surface area contributed by atoms with Gasteiger partial charge < -0.3 is 90.6 Å². The van der Waals surface area contributed by atoms with Gasteiger partial charge in [-0.2, -0.15) is 0 Å². The fourth-order valence-corrected chi connectivity index (χ4v) is 14.5. The number of nitrogens with two attached hydrogens (primary N) is 1. The van der Waals surface area contributed by atoms with Crippen molar-refractivity contribution in [2.75, 3.05) is 65.8 Å². The fourth-order valence-electron chi connectivity index (χ4n) is 14.5. The van der Waals surface area contributed by atoms with Crippen molar-refractivity contribution in [2.24, 2.45) is 28.4 Å². The van der Waals surface area contributed by atoms with Gasteiger partial charge in [0.1, 0.15) is 48.6 Å². The highest BCUT2D eigenvalue weighted by molar-refractivity contribution is 5.99. The number of benzene rings is 4. The molecule has 4 aromatic rings. The molecule has 1 aliphatic heterocycles. The largest absolute Gasteiger partial charge is 0.480 e. The Morgan fingerprint density at radius 2 is 1.33 bits per heavy atom. The minimum Gasteiger partial charge on any atom is -0.480 e. The number of ketones is 1. The maximum atomic E-state index is 16.0. The lowest BCUT2D eigenvalue weighted by atomic mass is 9.44. The van der Waals surface area contributed by atoms with Gasteiger partial charge in [-0.25, -0.2) is 24.0 Å². The number of likely N-dealkylation sites (N-methyl/N-ethyl adjacent to an activating group) is 3. The molecule has 3 fully saturated rings. The molecule has 8 rings (SSSR count). The first-order valence-electron chi connectivity index (χ1n) is 35.2. The Bertz CT molecular complexity index is 4030. The van der Waals surface area contributed by atoms with E-state index in [1.54, 1.807) is 92.7 Å². The van der Waals surface area contributed by atoms with Crippen LogP contribution in [0.1, 0.15) is 119 Å². The van der Waals surface area contributed by atoms with Crippen LogP contribution >= 0.6 is 0 Å². The van der Waals surface area contributed by atoms with Crippen molar-refractivity contribution in [3.8, 4) is 0 Å². The molecule has 32 heteroatoms. The Kier molecular flexibility index (Phi) is 27.0. The van der Waals surface area contributed by atoms with Crippen LogP contribution in [0.3, 0.4) is 0 Å². The first kappa shape index (κ1) is 82.8. The second kappa shape index (κ2) is 35.3. The van der Waals surface area contributed by atoms with E-state index >= 15 is 9.59 Å². The summed E-state index contributed by atoms with van der Waals surface area (Å²) < 4.78 is 42.9. The number of fused-ring (bicyclic) bond motifs is 5. The summed E-state index contributed by atoms with van der Waals surface area (Å²) in [6.07, 6.45) is -13.4. The Morgan fingerprint density at radius 1 is 0.731 bits per heavy atom. The number of aliphatic hydroxyl groups is 2. The summed E-state index contributed by atoms with van der Waals surface area (Å²) in [6, 6.07) is 24.9. The van der Waals surface area contributed by atoms with Gasteiger partial charge in [0.25, 0.3) is 5.91 Å². The van der Waals surface area contributed by atoms with Gasteiger partial charge in [0, 0.05) is 77.1 Å². The highest BCUT2D eigenvalue weighted by atomic mass is 16.6. The summed E-state index contributed by atoms with van der Waals surface area (Å²) in [4.78, 5) is 182. The predicted molar refractivity (Wildman–Crippen MR) is 383 cm³/mol. The van der Waals surface area contributed by atoms with E-state index in [1.165, 1.54) is 90.1 Å². The highest BCUT2D eigenvalue weighted by Crippen LogP contribution is 2.64. The van der Waals surface area contributed by atoms with Crippen LogP contribution in [0.2, 0.25) is 0 Å². The number of nitrogens with one attached hydrogen (secondary N) is 5. The molecule has 108 heavy (non-hydrogen) atoms. The van der Waals surface area contributed by atoms with Crippen molar-refractivity contribution in [3.63, 3.8) is 0 Å². The molecule has 0 spiro atoms. The van der Waals surface area contributed by atoms with Crippen LogP contribution in [0, 0.1) is 22.7 Å². The number of carbonyl (C=O) groups is 13. The third-order valence-electron chi connectivity index (χ3n) is 20.3. The molecular formula is C76H95N9O23. The zero-order valence-corrected chi connectivity index (χ0v) is 62.0. The minimum absolute atomic E-state index is 0.00896. The van der Waals surface area contributed by atoms with Gasteiger partial charge in [-0.15, -0.1) is 0 Å². The molecule has 0 aromatic heterocycles. The second-order valence-corrected chi connectivity index (χ2v) is 28.6. The van der Waals surface area contributed by atoms with Crippen molar-refractivity contribution >= 4 is 83.2 Å². The zero-order valence-electron chi connectivity index (χ0n) is 62.0. The number of esters is 4. The van der Waals surface area contributed by atoms with E-state index < -0.39 is 186 Å². The standard InChI is InChI=1S/C76H95N9O23/c1-42(2)58(81-55(89)38-83(9)39-56(90)91)67(95)80-51(28-21-33-78-70(77)98)66(94)79-50-31-29-46(30-32-50)40-102-71(99)84(10)34-35-85(11)72(100)106-61(59(47-22-15-12-16-23-47)82-65(93)48-24-17-13-18-25-48)69(97)105-52-37-76(101)64(107-68(96)49-26-19-14-20-27-49)62-74(8,53(88)36-54-75(62,41-103-54)108-45(5)87)63(92)60(104-44(4)86)57(43(52)3)73(76,6)7/h12-20,22-27,29-32,42,51-54,58-62,64,88,101H,21,28,33-41H2,1-11H3,(H,79,94)(H,80,95)(H,81,89)(H,82,93)(H,90,91)(H3,77,78,98)/t51-,52-,53-,54+,58-,59-,60+,61+,62-,64-,74+,75-,76+/m0/s1. The Morgan fingerprint density at radius 3 is 1.90 bits per heavy atom. The quantitative estimate of drug-likeness (QED) is 0.0153. The lowest BCUT2D eigenvalue weighted by Gasteiger charge is -2.67. The summed E-state index contributed by atoms with van der Waals surface area (Å²) in [5.41, 5.74) is -2.26. The molecule has 1 heterocycles. The Hall–Kier alpha value is -10.8. The SMILES string of the molecule is CC(=O)O[C@H]1C(=O)[C@@]2(C)[C@H]([C@H](OC(=O)c3ccccc3)[C@]3(O)C[C@H](OC(=O)[C@H](OC(=O)N(C)CCN(C)C(=O)OCc4ccc(NC(=O)[C@H](CCCNC(N)=O)NC(=O)[C@@H](NC(=O)CN(C)CC(=O)O)C(C)C)cc4)[C@@H](NC(=O)c4ccccc4)c4ccccc4)C(C)=C1C3(C)C)[C@]1(OC(C)=O)CO[C@@H]1C[C@@H]2O. The number of rotatable bonds is 30. The van der Waals surface area contributed by atoms with E-state index in [9.17, 15) is 63.0 Å². The maximum Gasteiger partial charge on any atom is 0.410 e. The molecule has 8 amide bonds. The van der Waals surface area contributed by atoms with Gasteiger partial charge in [-0.05, 0) is 98.3 Å². The molecule has 0 radical (unpaired) electrons. The molecule has 32 nitrogen and oxygen atoms in total. The zero-order chi connectivity index (χ0) is 79.3. The number of primary amides is 1. The van der Waals surface area contributed by atoms with Crippen LogP contribution in [0.15, 0.2) is 126 Å². The molecule has 0 unspecified atom stereocenters. The van der Waals surface area contributed by atoms with Gasteiger partial charge in [-0.3, -0.25) is 43.3 Å². The molecule has 13 atom stereocenters. The number of amides is 8. The smallest absolute Gasteiger partial charge is 0.410 e. The van der Waals surface area contributed by atoms with Gasteiger partial charge in [-0.1, -0.05) is 107 Å². The average molecular weight is 1500 g/mol. The van der Waals surface area contributed by atoms with E-state index in [0.29, 0.717) is 5.56 Å². The molecule has 4 aromatic carbocycles. The molecule has 2 saturated carbocycles. The molecule has 4 aliphatic rings. The average Bonchev–Trinajstić information content (AvgIpc) is 0.668. The molecule has 1 saturated heterocycles. The van der Waals surface area contributed by atoms with Crippen LogP contribution in [0.5, 0.6) is 0 Å². The fraction of sp³-hybridized carbons (Fsp3) is 0.487. The lowest BCUT2D eigenvalue weighted by molar-refractivity contribution is -0.346. The molecule has 3 aliphatic carbocycles. The number of aliphatic carboxylic acids is 1. The van der Waals surface area contributed by atoms with Gasteiger partial charge in [0.2, 0.25) is 23.8 Å². The number of aliphatic hydroxyl groups excluding tert-OH is 1. The maximum absolute atomic E-state index is 16.0. The summed E-state index contributed by atoms with van der Waals surface area (Å²) in [5.74, 6) is -11.2. The summed E-state index contributed by atoms with van der Waals surface area (Å²) in [7, 11) is 4.11. The second-order valence-electron chi connectivity index (χ2n) is 28.6. The van der Waals surface area contributed by atoms with Crippen molar-refractivity contribution < 1.29 is 111 Å². The van der Waals surface area contributed by atoms with Crippen molar-refractivity contribution in [3.05, 3.63) is 149 Å². The van der Waals surface area contributed by atoms with Crippen molar-refractivity contribution in [2.45, 2.75) is 154 Å². The number of carboxylic acids is 1. The molecule has 10 N–H and O–H groups in total. The summed E-state index contributed by atoms with van der Waals surface area (Å²) in [6.45, 7) is 9.48. The number of nitrogens with zero attached hydrogens (tertiary/aromatic N) is 3. The number of urea groups is 1. The third kappa shape index (κ3) is 18.9. The van der Waals surface area contributed by atoms with E-state index in [2.05, 4.69) is 26.6 Å². The van der Waals surface area contributed by atoms with Crippen molar-refractivity contribution in [1.82, 2.24) is 36.0 Å². The van der Waals surface area contributed by atoms with Crippen LogP contribution in [0.4, 0.5) is 20.1 Å². The van der Waals surface area contributed by atoms with Gasteiger partial charge >= 0.3 is 48.1 Å². The topological polar surface area (TPSA) is 443 Å². The number of anilines is 1. The Labute approximate surface area is 624 Å². The van der Waals surface area contributed by atoms with Crippen LogP contribution in [-0.2, 0) is 78.1 Å².